The zero-order chi connectivity index (χ0) is 32.1. The first-order chi connectivity index (χ1) is 20.7. The number of alkyl halides is 3. The van der Waals surface area contributed by atoms with Crippen LogP contribution in [-0.2, 0) is 37.6 Å². The lowest BCUT2D eigenvalue weighted by atomic mass is 9.97. The van der Waals surface area contributed by atoms with Gasteiger partial charge < -0.3 is 11.1 Å². The molecule has 44 heavy (non-hydrogen) atoms. The first kappa shape index (κ1) is 31.2. The van der Waals surface area contributed by atoms with Gasteiger partial charge in [-0.3, -0.25) is 4.90 Å². The minimum Gasteiger partial charge on any atom is -0.351 e. The average Bonchev–Trinajstić information content (AvgIpc) is 3.43. The number of urea groups is 1. The van der Waals surface area contributed by atoms with Crippen LogP contribution < -0.4 is 11.1 Å². The number of hydrogen-bond acceptors (Lipinski definition) is 3. The highest BCUT2D eigenvalue weighted by Gasteiger charge is 2.44. The van der Waals surface area contributed by atoms with Crippen LogP contribution in [0.1, 0.15) is 66.8 Å². The summed E-state index contributed by atoms with van der Waals surface area (Å²) in [5, 5.41) is 7.17. The van der Waals surface area contributed by atoms with Gasteiger partial charge in [-0.2, -0.15) is 18.3 Å². The summed E-state index contributed by atoms with van der Waals surface area (Å²) < 4.78 is 72.8. The molecule has 11 heteroatoms. The Hall–Kier alpha value is -4.25. The van der Waals surface area contributed by atoms with E-state index in [4.69, 9.17) is 10.8 Å². The van der Waals surface area contributed by atoms with Crippen LogP contribution in [0.25, 0.3) is 16.9 Å². The fourth-order valence-corrected chi connectivity index (χ4v) is 6.02. The number of anilines is 1. The summed E-state index contributed by atoms with van der Waals surface area (Å²) in [6.07, 6.45) is -3.10. The molecule has 1 aliphatic heterocycles. The van der Waals surface area contributed by atoms with Gasteiger partial charge in [0.1, 0.15) is 11.6 Å². The third kappa shape index (κ3) is 5.45. The molecule has 4 aromatic rings. The fourth-order valence-electron chi connectivity index (χ4n) is 6.02. The zero-order valence-corrected chi connectivity index (χ0v) is 25.2. The number of fused-ring (bicyclic) bond motifs is 1. The Bertz CT molecular complexity index is 1740. The summed E-state index contributed by atoms with van der Waals surface area (Å²) in [4.78, 5) is 13.4. The molecule has 3 aromatic carbocycles. The number of nitrogens with one attached hydrogen (secondary N) is 1. The Kier molecular flexibility index (Phi) is 8.04. The minimum atomic E-state index is -4.45. The van der Waals surface area contributed by atoms with Crippen molar-refractivity contribution in [1.82, 2.24) is 14.7 Å². The molecular weight excluding hydrogens is 577 g/mol. The molecule has 0 unspecified atom stereocenters. The number of halogens is 5. The van der Waals surface area contributed by atoms with Crippen molar-refractivity contribution in [3.8, 4) is 16.9 Å². The Labute approximate surface area is 252 Å². The summed E-state index contributed by atoms with van der Waals surface area (Å²) in [6.45, 7) is 10.2. The maximum atomic E-state index is 15.9. The third-order valence-corrected chi connectivity index (χ3v) is 8.48. The van der Waals surface area contributed by atoms with Gasteiger partial charge in [0.2, 0.25) is 0 Å². The Morgan fingerprint density at radius 1 is 1.00 bits per heavy atom. The molecule has 5 rings (SSSR count). The molecule has 0 aliphatic carbocycles. The second-order valence-electron chi connectivity index (χ2n) is 11.6. The number of amides is 2. The van der Waals surface area contributed by atoms with Gasteiger partial charge in [0.15, 0.2) is 0 Å². The average molecular weight is 612 g/mol. The Morgan fingerprint density at radius 3 is 2.23 bits per heavy atom. The van der Waals surface area contributed by atoms with Gasteiger partial charge >= 0.3 is 12.2 Å². The van der Waals surface area contributed by atoms with Crippen LogP contribution in [0, 0.1) is 18.6 Å². The van der Waals surface area contributed by atoms with Crippen molar-refractivity contribution in [2.24, 2.45) is 5.73 Å². The topological polar surface area (TPSA) is 76.2 Å². The largest absolute Gasteiger partial charge is 0.416 e. The maximum absolute atomic E-state index is 15.9. The zero-order valence-electron chi connectivity index (χ0n) is 25.2. The van der Waals surface area contributed by atoms with Gasteiger partial charge in [-0.05, 0) is 74.1 Å². The lowest BCUT2D eigenvalue weighted by Gasteiger charge is -2.32. The van der Waals surface area contributed by atoms with E-state index < -0.39 is 34.9 Å². The smallest absolute Gasteiger partial charge is 0.351 e. The number of primary amides is 1. The number of nitrogens with zero attached hydrogens (tertiary/aromatic N) is 3. The lowest BCUT2D eigenvalue weighted by molar-refractivity contribution is -0.137. The number of aromatic nitrogens is 2. The van der Waals surface area contributed by atoms with Crippen LogP contribution >= 0.6 is 0 Å². The highest BCUT2D eigenvalue weighted by Crippen LogP contribution is 2.46. The summed E-state index contributed by atoms with van der Waals surface area (Å²) in [6, 6.07) is 10.5. The molecule has 0 radical (unpaired) electrons. The minimum absolute atomic E-state index is 0.0393. The highest BCUT2D eigenvalue weighted by molar-refractivity contribution is 5.88. The molecule has 2 heterocycles. The van der Waals surface area contributed by atoms with Crippen LogP contribution in [-0.4, -0.2) is 20.7 Å². The van der Waals surface area contributed by atoms with Crippen molar-refractivity contribution in [3.05, 3.63) is 99.2 Å². The van der Waals surface area contributed by atoms with Gasteiger partial charge in [0.25, 0.3) is 0 Å². The molecule has 232 valence electrons. The van der Waals surface area contributed by atoms with Crippen LogP contribution in [0.2, 0.25) is 0 Å². The van der Waals surface area contributed by atoms with E-state index in [0.717, 1.165) is 41.1 Å². The van der Waals surface area contributed by atoms with E-state index in [9.17, 15) is 18.0 Å². The Morgan fingerprint density at radius 2 is 1.66 bits per heavy atom. The number of nitrogens with two attached hydrogens (primary N) is 1. The quantitative estimate of drug-likeness (QED) is 0.208. The number of para-hydroxylation sites is 1. The summed E-state index contributed by atoms with van der Waals surface area (Å²) in [7, 11) is 0. The fraction of sp³-hybridized carbons (Fsp3) is 0.333. The lowest BCUT2D eigenvalue weighted by Crippen LogP contribution is -2.36. The second-order valence-corrected chi connectivity index (χ2v) is 11.6. The van der Waals surface area contributed by atoms with Crippen molar-refractivity contribution < 1.29 is 26.7 Å². The normalized spacial score (nSPS) is 14.6. The second kappa shape index (κ2) is 11.4. The molecule has 1 aromatic heterocycles. The van der Waals surface area contributed by atoms with Gasteiger partial charge in [0, 0.05) is 30.3 Å². The molecule has 0 bridgehead atoms. The summed E-state index contributed by atoms with van der Waals surface area (Å²) in [5.41, 5.74) is 8.99. The number of benzene rings is 3. The first-order valence-corrected chi connectivity index (χ1v) is 14.4. The van der Waals surface area contributed by atoms with E-state index >= 15 is 8.78 Å². The highest BCUT2D eigenvalue weighted by atomic mass is 19.4. The standard InChI is InChI=1S/C33H34F5N5O/c1-6-19-9-8-10-20(7-2)28(19)43-29(23-14-26(35)27(15-25(23)34)40-31(39)44)24-17-42(32(4,5)30(24)41-43)16-21-11-12-22(13-18(21)3)33(36,37)38/h8-15H,6-7,16-17H2,1-5H3,(H3,39,40,44). The molecule has 6 nitrogen and oxygen atoms in total. The van der Waals surface area contributed by atoms with Crippen molar-refractivity contribution >= 4 is 11.7 Å². The first-order valence-electron chi connectivity index (χ1n) is 14.4. The van der Waals surface area contributed by atoms with Crippen LogP contribution in [0.4, 0.5) is 32.4 Å². The predicted octanol–water partition coefficient (Wildman–Crippen LogP) is 8.01. The van der Waals surface area contributed by atoms with Crippen LogP contribution in [0.3, 0.4) is 0 Å². The molecule has 0 fully saturated rings. The third-order valence-electron chi connectivity index (χ3n) is 8.48. The van der Waals surface area contributed by atoms with Gasteiger partial charge in [-0.15, -0.1) is 0 Å². The summed E-state index contributed by atoms with van der Waals surface area (Å²) in [5.74, 6) is -1.64. The van der Waals surface area contributed by atoms with Crippen molar-refractivity contribution in [2.45, 2.75) is 72.3 Å². The monoisotopic (exact) mass is 611 g/mol. The van der Waals surface area contributed by atoms with Crippen LogP contribution in [0.15, 0.2) is 48.5 Å². The molecule has 0 saturated heterocycles. The molecule has 0 saturated carbocycles. The van der Waals surface area contributed by atoms with Crippen molar-refractivity contribution in [3.63, 3.8) is 0 Å². The van der Waals surface area contributed by atoms with Crippen molar-refractivity contribution in [1.29, 1.82) is 0 Å². The molecule has 1 aliphatic rings. The van der Waals surface area contributed by atoms with Gasteiger partial charge in [-0.25, -0.2) is 18.3 Å². The maximum Gasteiger partial charge on any atom is 0.416 e. The van der Waals surface area contributed by atoms with Gasteiger partial charge in [0.05, 0.1) is 33.9 Å². The number of carbonyl (C=O) groups is 1. The predicted molar refractivity (Wildman–Crippen MR) is 159 cm³/mol. The van der Waals surface area contributed by atoms with E-state index in [1.807, 2.05) is 45.9 Å². The number of hydrogen-bond donors (Lipinski definition) is 2. The van der Waals surface area contributed by atoms with E-state index in [2.05, 4.69) is 10.2 Å². The molecule has 0 spiro atoms. The Balaban J connectivity index is 1.69. The van der Waals surface area contributed by atoms with Crippen molar-refractivity contribution in [2.75, 3.05) is 5.32 Å². The van der Waals surface area contributed by atoms with Crippen LogP contribution in [0.5, 0.6) is 0 Å². The molecule has 3 N–H and O–H groups in total. The van der Waals surface area contributed by atoms with E-state index in [1.165, 1.54) is 6.07 Å². The SMILES string of the molecule is CCc1cccc(CC)c1-n1nc2c(c1-c1cc(F)c(NC(N)=O)cc1F)CN(Cc1ccc(C(F)(F)F)cc1C)C2(C)C. The summed E-state index contributed by atoms with van der Waals surface area (Å²) >= 11 is 0. The van der Waals surface area contributed by atoms with E-state index in [0.29, 0.717) is 47.5 Å². The van der Waals surface area contributed by atoms with E-state index in [1.54, 1.807) is 11.6 Å². The number of aryl methyl sites for hydroxylation is 3. The number of carbonyl (C=O) groups excluding carboxylic acids is 1. The molecule has 2 amide bonds. The number of rotatable bonds is 7. The molecule has 0 atom stereocenters. The molecular formula is C33H34F5N5O. The van der Waals surface area contributed by atoms with E-state index in [-0.39, 0.29) is 17.8 Å². The van der Waals surface area contributed by atoms with Gasteiger partial charge in [-0.1, -0.05) is 38.1 Å².